The minimum Gasteiger partial charge on any atom is -0.478 e. The second-order valence-corrected chi connectivity index (χ2v) is 9.07. The van der Waals surface area contributed by atoms with Crippen LogP contribution in [0, 0.1) is 13.8 Å². The van der Waals surface area contributed by atoms with Crippen LogP contribution in [0.3, 0.4) is 0 Å². The Morgan fingerprint density at radius 2 is 1.81 bits per heavy atom. The van der Waals surface area contributed by atoms with Gasteiger partial charge in [-0.2, -0.15) is 0 Å². The Labute approximate surface area is 193 Å². The molecule has 0 atom stereocenters. The fourth-order valence-electron chi connectivity index (χ4n) is 2.73. The Balaban J connectivity index is 1.56. The molecular formula is C23H21N3O4S2. The SMILES string of the molecule is Cc1ccc(-c2nc(NC(=O)CSc3cccc(NC(=O)/C=C/C(=O)O)c3)sc2C)cc1. The number of anilines is 2. The van der Waals surface area contributed by atoms with Crippen molar-refractivity contribution in [1.29, 1.82) is 0 Å². The average molecular weight is 468 g/mol. The molecule has 2 amide bonds. The van der Waals surface area contributed by atoms with Crippen LogP contribution in [0.15, 0.2) is 65.6 Å². The zero-order valence-electron chi connectivity index (χ0n) is 17.4. The molecule has 9 heteroatoms. The Morgan fingerprint density at radius 3 is 2.53 bits per heavy atom. The number of aromatic nitrogens is 1. The molecule has 0 bridgehead atoms. The van der Waals surface area contributed by atoms with Crippen molar-refractivity contribution in [3.05, 3.63) is 71.1 Å². The number of carboxylic acids is 1. The first-order valence-electron chi connectivity index (χ1n) is 9.59. The van der Waals surface area contributed by atoms with Gasteiger partial charge in [0.25, 0.3) is 0 Å². The van der Waals surface area contributed by atoms with E-state index in [-0.39, 0.29) is 11.7 Å². The van der Waals surface area contributed by atoms with Crippen molar-refractivity contribution in [2.45, 2.75) is 18.7 Å². The molecule has 0 unspecified atom stereocenters. The fraction of sp³-hybridized carbons (Fsp3) is 0.130. The van der Waals surface area contributed by atoms with Crippen LogP contribution in [0.2, 0.25) is 0 Å². The van der Waals surface area contributed by atoms with E-state index in [1.54, 1.807) is 18.2 Å². The molecule has 0 aliphatic heterocycles. The quantitative estimate of drug-likeness (QED) is 0.326. The number of benzene rings is 2. The number of thioether (sulfide) groups is 1. The molecule has 3 aromatic rings. The van der Waals surface area contributed by atoms with Crippen molar-refractivity contribution in [3.63, 3.8) is 0 Å². The number of thiazole rings is 1. The van der Waals surface area contributed by atoms with Gasteiger partial charge in [0.05, 0.1) is 11.4 Å². The first-order valence-corrected chi connectivity index (χ1v) is 11.4. The smallest absolute Gasteiger partial charge is 0.328 e. The maximum absolute atomic E-state index is 12.4. The zero-order valence-corrected chi connectivity index (χ0v) is 19.0. The highest BCUT2D eigenvalue weighted by Crippen LogP contribution is 2.31. The first kappa shape index (κ1) is 23.2. The predicted octanol–water partition coefficient (Wildman–Crippen LogP) is 4.74. The molecule has 0 saturated heterocycles. The Hall–Kier alpha value is -3.43. The number of amides is 2. The maximum atomic E-state index is 12.4. The topological polar surface area (TPSA) is 108 Å². The molecule has 3 rings (SSSR count). The first-order chi connectivity index (χ1) is 15.3. The summed E-state index contributed by atoms with van der Waals surface area (Å²) >= 11 is 2.75. The summed E-state index contributed by atoms with van der Waals surface area (Å²) in [6.07, 6.45) is 1.71. The van der Waals surface area contributed by atoms with Gasteiger partial charge in [-0.05, 0) is 32.0 Å². The van der Waals surface area contributed by atoms with Crippen LogP contribution in [0.5, 0.6) is 0 Å². The molecule has 0 fully saturated rings. The maximum Gasteiger partial charge on any atom is 0.328 e. The lowest BCUT2D eigenvalue weighted by atomic mass is 10.1. The average Bonchev–Trinajstić information content (AvgIpc) is 3.11. The van der Waals surface area contributed by atoms with Crippen molar-refractivity contribution in [2.24, 2.45) is 0 Å². The van der Waals surface area contributed by atoms with Crippen LogP contribution in [-0.2, 0) is 14.4 Å². The van der Waals surface area contributed by atoms with E-state index < -0.39 is 11.9 Å². The highest BCUT2D eigenvalue weighted by atomic mass is 32.2. The molecule has 164 valence electrons. The van der Waals surface area contributed by atoms with Crippen LogP contribution in [-0.4, -0.2) is 33.6 Å². The second-order valence-electron chi connectivity index (χ2n) is 6.82. The molecule has 32 heavy (non-hydrogen) atoms. The van der Waals surface area contributed by atoms with Gasteiger partial charge in [-0.15, -0.1) is 23.1 Å². The largest absolute Gasteiger partial charge is 0.478 e. The standard InChI is InChI=1S/C23H21N3O4S2/c1-14-6-8-16(9-7-14)22-15(2)32-23(26-22)25-20(28)13-31-18-5-3-4-17(12-18)24-19(27)10-11-21(29)30/h3-12H,13H2,1-2H3,(H,24,27)(H,29,30)(H,25,26,28)/b11-10+. The summed E-state index contributed by atoms with van der Waals surface area (Å²) in [4.78, 5) is 41.0. The monoisotopic (exact) mass is 467 g/mol. The van der Waals surface area contributed by atoms with Gasteiger partial charge in [0.15, 0.2) is 5.13 Å². The van der Waals surface area contributed by atoms with Gasteiger partial charge in [-0.1, -0.05) is 35.9 Å². The molecule has 1 heterocycles. The van der Waals surface area contributed by atoms with E-state index in [1.165, 1.54) is 28.7 Å². The molecule has 3 N–H and O–H groups in total. The number of hydrogen-bond donors (Lipinski definition) is 3. The van der Waals surface area contributed by atoms with Crippen LogP contribution in [0.4, 0.5) is 10.8 Å². The summed E-state index contributed by atoms with van der Waals surface area (Å²) in [6, 6.07) is 15.1. The number of nitrogens with one attached hydrogen (secondary N) is 2. The predicted molar refractivity (Wildman–Crippen MR) is 128 cm³/mol. The van der Waals surface area contributed by atoms with E-state index in [1.807, 2.05) is 44.2 Å². The van der Waals surface area contributed by atoms with E-state index in [2.05, 4.69) is 15.6 Å². The van der Waals surface area contributed by atoms with Crippen LogP contribution >= 0.6 is 23.1 Å². The number of aliphatic carboxylic acids is 1. The van der Waals surface area contributed by atoms with Gasteiger partial charge in [0.2, 0.25) is 11.8 Å². The molecule has 0 saturated carbocycles. The summed E-state index contributed by atoms with van der Waals surface area (Å²) in [7, 11) is 0. The van der Waals surface area contributed by atoms with Crippen LogP contribution in [0.1, 0.15) is 10.4 Å². The van der Waals surface area contributed by atoms with Crippen molar-refractivity contribution in [3.8, 4) is 11.3 Å². The van der Waals surface area contributed by atoms with Crippen molar-refractivity contribution >= 4 is 51.7 Å². The minimum atomic E-state index is -1.20. The Kier molecular flexibility index (Phi) is 7.80. The number of carbonyl (C=O) groups excluding carboxylic acids is 2. The van der Waals surface area contributed by atoms with Crippen molar-refractivity contribution in [1.82, 2.24) is 4.98 Å². The third-order valence-corrected chi connectivity index (χ3v) is 6.10. The van der Waals surface area contributed by atoms with Gasteiger partial charge < -0.3 is 15.7 Å². The summed E-state index contributed by atoms with van der Waals surface area (Å²) in [5, 5.41) is 14.5. The minimum absolute atomic E-state index is 0.175. The molecule has 1 aromatic heterocycles. The van der Waals surface area contributed by atoms with E-state index in [0.717, 1.165) is 33.2 Å². The van der Waals surface area contributed by atoms with Crippen LogP contribution in [0.25, 0.3) is 11.3 Å². The van der Waals surface area contributed by atoms with E-state index in [0.29, 0.717) is 10.8 Å². The fourth-order valence-corrected chi connectivity index (χ4v) is 4.33. The van der Waals surface area contributed by atoms with E-state index in [4.69, 9.17) is 5.11 Å². The van der Waals surface area contributed by atoms with Crippen molar-refractivity contribution in [2.75, 3.05) is 16.4 Å². The molecule has 7 nitrogen and oxygen atoms in total. The number of nitrogens with zero attached hydrogens (tertiary/aromatic N) is 1. The number of carbonyl (C=O) groups is 3. The normalized spacial score (nSPS) is 10.8. The van der Waals surface area contributed by atoms with Gasteiger partial charge in [-0.25, -0.2) is 9.78 Å². The summed E-state index contributed by atoms with van der Waals surface area (Å²) < 4.78 is 0. The summed E-state index contributed by atoms with van der Waals surface area (Å²) in [6.45, 7) is 4.00. The third-order valence-electron chi connectivity index (χ3n) is 4.22. The van der Waals surface area contributed by atoms with Gasteiger partial charge >= 0.3 is 5.97 Å². The molecule has 0 aliphatic rings. The second kappa shape index (κ2) is 10.7. The van der Waals surface area contributed by atoms with Gasteiger partial charge in [-0.3, -0.25) is 9.59 Å². The summed E-state index contributed by atoms with van der Waals surface area (Å²) in [5.41, 5.74) is 3.55. The van der Waals surface area contributed by atoms with E-state index in [9.17, 15) is 14.4 Å². The summed E-state index contributed by atoms with van der Waals surface area (Å²) in [5.74, 6) is -1.75. The number of carboxylic acid groups (broad SMARTS) is 1. The van der Waals surface area contributed by atoms with Crippen molar-refractivity contribution < 1.29 is 19.5 Å². The molecule has 0 radical (unpaired) electrons. The molecule has 0 aliphatic carbocycles. The Bertz CT molecular complexity index is 1170. The lowest BCUT2D eigenvalue weighted by Crippen LogP contribution is -2.13. The number of hydrogen-bond acceptors (Lipinski definition) is 6. The molecule has 0 spiro atoms. The number of rotatable bonds is 8. The third kappa shape index (κ3) is 6.79. The van der Waals surface area contributed by atoms with E-state index >= 15 is 0 Å². The lowest BCUT2D eigenvalue weighted by Gasteiger charge is -2.06. The highest BCUT2D eigenvalue weighted by Gasteiger charge is 2.12. The lowest BCUT2D eigenvalue weighted by molar-refractivity contribution is -0.131. The van der Waals surface area contributed by atoms with Gasteiger partial charge in [0.1, 0.15) is 0 Å². The number of aryl methyl sites for hydroxylation is 2. The zero-order chi connectivity index (χ0) is 23.1. The highest BCUT2D eigenvalue weighted by molar-refractivity contribution is 8.00. The molecular weight excluding hydrogens is 446 g/mol. The van der Waals surface area contributed by atoms with Crippen LogP contribution < -0.4 is 10.6 Å². The Morgan fingerprint density at radius 1 is 1.06 bits per heavy atom. The van der Waals surface area contributed by atoms with Gasteiger partial charge in [0, 0.05) is 33.2 Å². The molecule has 2 aromatic carbocycles.